The van der Waals surface area contributed by atoms with Gasteiger partial charge in [0.15, 0.2) is 5.69 Å². The van der Waals surface area contributed by atoms with Crippen molar-refractivity contribution in [3.63, 3.8) is 0 Å². The highest BCUT2D eigenvalue weighted by atomic mass is 16.6. The van der Waals surface area contributed by atoms with Gasteiger partial charge in [-0.3, -0.25) is 14.9 Å². The average Bonchev–Trinajstić information content (AvgIpc) is 2.95. The minimum absolute atomic E-state index is 0.0483. The van der Waals surface area contributed by atoms with Crippen molar-refractivity contribution < 1.29 is 9.72 Å². The van der Waals surface area contributed by atoms with Crippen molar-refractivity contribution in [2.45, 2.75) is 25.3 Å². The molecule has 1 unspecified atom stereocenters. The van der Waals surface area contributed by atoms with E-state index in [1.54, 1.807) is 42.4 Å². The fourth-order valence-electron chi connectivity index (χ4n) is 3.12. The first-order chi connectivity index (χ1) is 12.1. The van der Waals surface area contributed by atoms with E-state index in [0.29, 0.717) is 5.69 Å². The zero-order chi connectivity index (χ0) is 17.8. The molecule has 8 nitrogen and oxygen atoms in total. The maximum Gasteiger partial charge on any atom is 0.294 e. The maximum atomic E-state index is 12.7. The van der Waals surface area contributed by atoms with Crippen LogP contribution < -0.4 is 5.32 Å². The van der Waals surface area contributed by atoms with Crippen LogP contribution in [0.3, 0.4) is 0 Å². The van der Waals surface area contributed by atoms with Gasteiger partial charge in [0.25, 0.3) is 11.6 Å². The van der Waals surface area contributed by atoms with E-state index in [1.807, 2.05) is 0 Å². The predicted octanol–water partition coefficient (Wildman–Crippen LogP) is 1.99. The Labute approximate surface area is 145 Å². The molecule has 0 aliphatic carbocycles. The Morgan fingerprint density at radius 2 is 2.12 bits per heavy atom. The first-order valence-electron chi connectivity index (χ1n) is 8.35. The number of carbonyl (C=O) groups is 1. The molecule has 1 N–H and O–H groups in total. The molecule has 25 heavy (non-hydrogen) atoms. The van der Waals surface area contributed by atoms with Gasteiger partial charge < -0.3 is 10.2 Å². The summed E-state index contributed by atoms with van der Waals surface area (Å²) in [7, 11) is 1.79. The molecule has 132 valence electrons. The summed E-state index contributed by atoms with van der Waals surface area (Å²) in [6, 6.07) is 8.12. The highest BCUT2D eigenvalue weighted by molar-refractivity contribution is 5.92. The molecule has 1 fully saturated rings. The third kappa shape index (κ3) is 3.69. The van der Waals surface area contributed by atoms with E-state index >= 15 is 0 Å². The van der Waals surface area contributed by atoms with Crippen LogP contribution in [0.4, 0.5) is 5.69 Å². The summed E-state index contributed by atoms with van der Waals surface area (Å²) in [5.74, 6) is -0.163. The van der Waals surface area contributed by atoms with E-state index in [0.717, 1.165) is 32.4 Å². The van der Waals surface area contributed by atoms with Gasteiger partial charge >= 0.3 is 0 Å². The van der Waals surface area contributed by atoms with Crippen LogP contribution in [0.5, 0.6) is 0 Å². The first kappa shape index (κ1) is 17.1. The molecule has 1 aliphatic rings. The number of carbonyl (C=O) groups excluding carboxylic acids is 1. The molecule has 1 aliphatic heterocycles. The molecule has 0 radical (unpaired) electrons. The van der Waals surface area contributed by atoms with E-state index in [4.69, 9.17) is 0 Å². The van der Waals surface area contributed by atoms with Gasteiger partial charge in [-0.25, -0.2) is 4.68 Å². The minimum atomic E-state index is -0.455. The molecule has 2 heterocycles. The van der Waals surface area contributed by atoms with Crippen LogP contribution in [0.1, 0.15) is 29.8 Å². The molecular weight excluding hydrogens is 322 g/mol. The lowest BCUT2D eigenvalue weighted by molar-refractivity contribution is -0.384. The van der Waals surface area contributed by atoms with E-state index in [2.05, 4.69) is 10.4 Å². The van der Waals surface area contributed by atoms with Crippen molar-refractivity contribution in [2.24, 2.45) is 0 Å². The lowest BCUT2D eigenvalue weighted by atomic mass is 10.1. The van der Waals surface area contributed by atoms with Gasteiger partial charge in [-0.05, 0) is 44.5 Å². The Balaban J connectivity index is 1.81. The molecule has 1 atom stereocenters. The maximum absolute atomic E-state index is 12.7. The monoisotopic (exact) mass is 343 g/mol. The second kappa shape index (κ2) is 7.43. The van der Waals surface area contributed by atoms with Gasteiger partial charge in [0.2, 0.25) is 0 Å². The van der Waals surface area contributed by atoms with Crippen LogP contribution in [-0.2, 0) is 0 Å². The number of nitro benzene ring substituents is 1. The van der Waals surface area contributed by atoms with Crippen LogP contribution in [0.25, 0.3) is 5.69 Å². The quantitative estimate of drug-likeness (QED) is 0.677. The summed E-state index contributed by atoms with van der Waals surface area (Å²) in [6.07, 6.45) is 4.48. The molecule has 0 spiro atoms. The SMILES string of the molecule is CN(C(=O)c1ccn(-c2ccccc2[N+](=O)[O-])n1)C1CCCNCC1. The first-order valence-corrected chi connectivity index (χ1v) is 8.35. The molecule has 3 rings (SSSR count). The number of nitrogens with one attached hydrogen (secondary N) is 1. The standard InChI is InChI=1S/C17H21N5O3/c1-20(13-5-4-10-18-11-8-13)17(23)14-9-12-21(19-14)15-6-2-3-7-16(15)22(24)25/h2-3,6-7,9,12-13,18H,4-5,8,10-11H2,1H3. The van der Waals surface area contributed by atoms with Crippen molar-refractivity contribution in [3.8, 4) is 5.69 Å². The molecule has 1 aromatic heterocycles. The predicted molar refractivity (Wildman–Crippen MR) is 92.8 cm³/mol. The van der Waals surface area contributed by atoms with E-state index in [9.17, 15) is 14.9 Å². The van der Waals surface area contributed by atoms with Crippen LogP contribution in [0.2, 0.25) is 0 Å². The topological polar surface area (TPSA) is 93.3 Å². The third-order valence-corrected chi connectivity index (χ3v) is 4.55. The van der Waals surface area contributed by atoms with Crippen LogP contribution in [0, 0.1) is 10.1 Å². The molecule has 0 saturated carbocycles. The number of nitro groups is 1. The highest BCUT2D eigenvalue weighted by Gasteiger charge is 2.24. The van der Waals surface area contributed by atoms with Crippen LogP contribution in [0.15, 0.2) is 36.5 Å². The van der Waals surface area contributed by atoms with Crippen molar-refractivity contribution in [2.75, 3.05) is 20.1 Å². The fraction of sp³-hybridized carbons (Fsp3) is 0.412. The molecule has 1 saturated heterocycles. The molecular formula is C17H21N5O3. The number of nitrogens with zero attached hydrogens (tertiary/aromatic N) is 4. The molecule has 1 aromatic carbocycles. The largest absolute Gasteiger partial charge is 0.337 e. The summed E-state index contributed by atoms with van der Waals surface area (Å²) in [6.45, 7) is 1.87. The fourth-order valence-corrected chi connectivity index (χ4v) is 3.12. The number of rotatable bonds is 4. The van der Waals surface area contributed by atoms with Gasteiger partial charge in [0.05, 0.1) is 4.92 Å². The summed E-state index contributed by atoms with van der Waals surface area (Å²) in [5, 5.41) is 18.8. The zero-order valence-corrected chi connectivity index (χ0v) is 14.1. The summed E-state index contributed by atoms with van der Waals surface area (Å²) >= 11 is 0. The normalized spacial score (nSPS) is 17.7. The Morgan fingerprint density at radius 1 is 1.32 bits per heavy atom. The Hall–Kier alpha value is -2.74. The second-order valence-electron chi connectivity index (χ2n) is 6.14. The van der Waals surface area contributed by atoms with Gasteiger partial charge in [-0.15, -0.1) is 0 Å². The van der Waals surface area contributed by atoms with Gasteiger partial charge in [-0.1, -0.05) is 12.1 Å². The Bertz CT molecular complexity index is 765. The summed E-state index contributed by atoms with van der Waals surface area (Å²) < 4.78 is 1.38. The van der Waals surface area contributed by atoms with E-state index in [1.165, 1.54) is 10.7 Å². The number of hydrogen-bond acceptors (Lipinski definition) is 5. The van der Waals surface area contributed by atoms with Crippen molar-refractivity contribution in [1.82, 2.24) is 20.0 Å². The number of benzene rings is 1. The number of aromatic nitrogens is 2. The van der Waals surface area contributed by atoms with Crippen molar-refractivity contribution in [1.29, 1.82) is 0 Å². The summed E-state index contributed by atoms with van der Waals surface area (Å²) in [5.41, 5.74) is 0.582. The Kier molecular flexibility index (Phi) is 5.08. The van der Waals surface area contributed by atoms with Gasteiger partial charge in [-0.2, -0.15) is 5.10 Å². The number of amides is 1. The van der Waals surface area contributed by atoms with Crippen molar-refractivity contribution >= 4 is 11.6 Å². The van der Waals surface area contributed by atoms with E-state index in [-0.39, 0.29) is 23.3 Å². The summed E-state index contributed by atoms with van der Waals surface area (Å²) in [4.78, 5) is 25.2. The average molecular weight is 343 g/mol. The lowest BCUT2D eigenvalue weighted by Crippen LogP contribution is -2.37. The van der Waals surface area contributed by atoms with E-state index < -0.39 is 4.92 Å². The molecule has 1 amide bonds. The molecule has 0 bridgehead atoms. The van der Waals surface area contributed by atoms with Crippen LogP contribution in [-0.4, -0.2) is 51.7 Å². The zero-order valence-electron chi connectivity index (χ0n) is 14.1. The number of hydrogen-bond donors (Lipinski definition) is 1. The Morgan fingerprint density at radius 3 is 2.92 bits per heavy atom. The van der Waals surface area contributed by atoms with Gasteiger partial charge in [0.1, 0.15) is 5.69 Å². The highest BCUT2D eigenvalue weighted by Crippen LogP contribution is 2.22. The third-order valence-electron chi connectivity index (χ3n) is 4.55. The van der Waals surface area contributed by atoms with Crippen molar-refractivity contribution in [3.05, 3.63) is 52.3 Å². The minimum Gasteiger partial charge on any atom is -0.337 e. The van der Waals surface area contributed by atoms with Crippen LogP contribution >= 0.6 is 0 Å². The van der Waals surface area contributed by atoms with Gasteiger partial charge in [0, 0.05) is 25.4 Å². The lowest BCUT2D eigenvalue weighted by Gasteiger charge is -2.26. The molecule has 2 aromatic rings. The second-order valence-corrected chi connectivity index (χ2v) is 6.14. The molecule has 8 heteroatoms. The number of para-hydroxylation sites is 2. The smallest absolute Gasteiger partial charge is 0.294 e.